The Hall–Kier alpha value is -0.790. The minimum atomic E-state index is 0.0636. The highest BCUT2D eigenvalue weighted by atomic mass is 16.6. The molecule has 0 radical (unpaired) electrons. The van der Waals surface area contributed by atoms with Gasteiger partial charge >= 0.3 is 5.97 Å². The molecule has 1 aliphatic heterocycles. The number of carbonyl (C=O) groups excluding carboxylic acids is 1. The predicted molar refractivity (Wildman–Crippen MR) is 47.9 cm³/mol. The van der Waals surface area contributed by atoms with Gasteiger partial charge in [0, 0.05) is 5.92 Å². The summed E-state index contributed by atoms with van der Waals surface area (Å²) in [6.07, 6.45) is 6.88. The normalized spacial score (nSPS) is 51.2. The smallest absolute Gasteiger partial charge is 0.310 e. The Balaban J connectivity index is 1.97. The van der Waals surface area contributed by atoms with Crippen molar-refractivity contribution in [1.82, 2.24) is 0 Å². The topological polar surface area (TPSA) is 26.3 Å². The fraction of sp³-hybridized carbons (Fsp3) is 0.727. The Bertz CT molecular complexity index is 282. The SMILES string of the molecule is CC[C@H]1OC(=O)[C@@H]2[C@H]1[C@@H]1C=C[C@H]2C1. The number of rotatable bonds is 1. The number of carbonyl (C=O) groups is 1. The molecule has 0 N–H and O–H groups in total. The van der Waals surface area contributed by atoms with Gasteiger partial charge in [0.25, 0.3) is 0 Å². The van der Waals surface area contributed by atoms with Crippen LogP contribution in [-0.2, 0) is 9.53 Å². The summed E-state index contributed by atoms with van der Waals surface area (Å²) in [7, 11) is 0. The molecule has 1 saturated carbocycles. The lowest BCUT2D eigenvalue weighted by molar-refractivity contribution is -0.145. The fourth-order valence-corrected chi connectivity index (χ4v) is 3.36. The van der Waals surface area contributed by atoms with Crippen molar-refractivity contribution in [2.24, 2.45) is 23.7 Å². The van der Waals surface area contributed by atoms with Gasteiger partial charge in [-0.1, -0.05) is 19.1 Å². The summed E-state index contributed by atoms with van der Waals surface area (Å²) >= 11 is 0. The van der Waals surface area contributed by atoms with Crippen molar-refractivity contribution < 1.29 is 9.53 Å². The molecule has 70 valence electrons. The van der Waals surface area contributed by atoms with Crippen LogP contribution in [0.15, 0.2) is 12.2 Å². The zero-order valence-corrected chi connectivity index (χ0v) is 7.77. The van der Waals surface area contributed by atoms with Gasteiger partial charge < -0.3 is 4.74 Å². The highest BCUT2D eigenvalue weighted by Gasteiger charge is 2.56. The van der Waals surface area contributed by atoms with Crippen LogP contribution in [0.1, 0.15) is 19.8 Å². The van der Waals surface area contributed by atoms with Crippen LogP contribution in [0.2, 0.25) is 0 Å². The van der Waals surface area contributed by atoms with Crippen LogP contribution < -0.4 is 0 Å². The Morgan fingerprint density at radius 3 is 3.00 bits per heavy atom. The Labute approximate surface area is 78.0 Å². The highest BCUT2D eigenvalue weighted by Crippen LogP contribution is 2.54. The maximum Gasteiger partial charge on any atom is 0.310 e. The van der Waals surface area contributed by atoms with E-state index in [9.17, 15) is 4.79 Å². The molecule has 3 rings (SSSR count). The molecule has 2 aliphatic carbocycles. The summed E-state index contributed by atoms with van der Waals surface area (Å²) in [5.41, 5.74) is 0. The molecule has 0 aromatic carbocycles. The second-order valence-corrected chi connectivity index (χ2v) is 4.44. The number of esters is 1. The van der Waals surface area contributed by atoms with Gasteiger partial charge in [-0.15, -0.1) is 0 Å². The van der Waals surface area contributed by atoms with E-state index in [1.54, 1.807) is 0 Å². The molecule has 0 unspecified atom stereocenters. The molecule has 2 nitrogen and oxygen atoms in total. The third-order valence-corrected chi connectivity index (χ3v) is 3.89. The predicted octanol–water partition coefficient (Wildman–Crippen LogP) is 1.76. The largest absolute Gasteiger partial charge is 0.462 e. The zero-order valence-electron chi connectivity index (χ0n) is 7.77. The summed E-state index contributed by atoms with van der Waals surface area (Å²) in [5, 5.41) is 0. The van der Waals surface area contributed by atoms with Crippen LogP contribution in [0.4, 0.5) is 0 Å². The van der Waals surface area contributed by atoms with Gasteiger partial charge in [0.05, 0.1) is 5.92 Å². The first-order valence-corrected chi connectivity index (χ1v) is 5.20. The maximum atomic E-state index is 11.6. The monoisotopic (exact) mass is 178 g/mol. The van der Waals surface area contributed by atoms with E-state index < -0.39 is 0 Å². The van der Waals surface area contributed by atoms with E-state index in [0.29, 0.717) is 17.8 Å². The first-order chi connectivity index (χ1) is 6.31. The molecule has 0 aromatic heterocycles. The van der Waals surface area contributed by atoms with E-state index >= 15 is 0 Å². The third-order valence-electron chi connectivity index (χ3n) is 3.89. The van der Waals surface area contributed by atoms with E-state index in [1.807, 2.05) is 0 Å². The van der Waals surface area contributed by atoms with Crippen LogP contribution in [0.5, 0.6) is 0 Å². The number of hydrogen-bond acceptors (Lipinski definition) is 2. The fourth-order valence-electron chi connectivity index (χ4n) is 3.36. The second-order valence-electron chi connectivity index (χ2n) is 4.44. The molecule has 0 spiro atoms. The number of allylic oxidation sites excluding steroid dienone is 2. The van der Waals surface area contributed by atoms with E-state index in [2.05, 4.69) is 19.1 Å². The first kappa shape index (κ1) is 7.60. The molecule has 13 heavy (non-hydrogen) atoms. The van der Waals surface area contributed by atoms with Gasteiger partial charge in [0.15, 0.2) is 0 Å². The van der Waals surface area contributed by atoms with Gasteiger partial charge in [-0.3, -0.25) is 4.79 Å². The standard InChI is InChI=1S/C11H14O2/c1-2-8-9-6-3-4-7(5-6)10(9)11(12)13-8/h3-4,6-10H,2,5H2,1H3/t6-,7+,8-,9+,10+/m1/s1. The van der Waals surface area contributed by atoms with E-state index in [-0.39, 0.29) is 18.0 Å². The summed E-state index contributed by atoms with van der Waals surface area (Å²) in [6.45, 7) is 2.11. The van der Waals surface area contributed by atoms with E-state index in [0.717, 1.165) is 6.42 Å². The Kier molecular flexibility index (Phi) is 1.38. The average Bonchev–Trinajstić information content (AvgIpc) is 2.76. The molecule has 0 amide bonds. The molecule has 1 saturated heterocycles. The van der Waals surface area contributed by atoms with Crippen molar-refractivity contribution in [2.45, 2.75) is 25.9 Å². The van der Waals surface area contributed by atoms with Gasteiger partial charge in [-0.2, -0.15) is 0 Å². The van der Waals surface area contributed by atoms with Crippen molar-refractivity contribution in [1.29, 1.82) is 0 Å². The summed E-state index contributed by atoms with van der Waals surface area (Å²) in [4.78, 5) is 11.6. The van der Waals surface area contributed by atoms with Crippen molar-refractivity contribution in [3.8, 4) is 0 Å². The molecule has 1 heterocycles. The average molecular weight is 178 g/mol. The second kappa shape index (κ2) is 2.37. The lowest BCUT2D eigenvalue weighted by Gasteiger charge is -2.20. The quantitative estimate of drug-likeness (QED) is 0.452. The van der Waals surface area contributed by atoms with Gasteiger partial charge in [-0.05, 0) is 24.7 Å². The molecule has 2 fully saturated rings. The van der Waals surface area contributed by atoms with E-state index in [4.69, 9.17) is 4.74 Å². The Morgan fingerprint density at radius 2 is 2.23 bits per heavy atom. The Morgan fingerprint density at radius 1 is 1.46 bits per heavy atom. The van der Waals surface area contributed by atoms with Gasteiger partial charge in [0.2, 0.25) is 0 Å². The molecular formula is C11H14O2. The van der Waals surface area contributed by atoms with Crippen molar-refractivity contribution >= 4 is 5.97 Å². The summed E-state index contributed by atoms with van der Waals surface area (Å²) in [5.74, 6) is 1.91. The number of hydrogen-bond donors (Lipinski definition) is 0. The number of cyclic esters (lactones) is 1. The number of fused-ring (bicyclic) bond motifs is 5. The molecule has 5 atom stereocenters. The molecule has 0 aromatic rings. The molecular weight excluding hydrogens is 164 g/mol. The lowest BCUT2D eigenvalue weighted by atomic mass is 9.81. The van der Waals surface area contributed by atoms with Gasteiger partial charge in [-0.25, -0.2) is 0 Å². The first-order valence-electron chi connectivity index (χ1n) is 5.20. The van der Waals surface area contributed by atoms with Crippen LogP contribution >= 0.6 is 0 Å². The third kappa shape index (κ3) is 0.812. The lowest BCUT2D eigenvalue weighted by Crippen LogP contribution is -2.24. The molecule has 2 bridgehead atoms. The van der Waals surface area contributed by atoms with Gasteiger partial charge in [0.1, 0.15) is 6.10 Å². The van der Waals surface area contributed by atoms with Crippen LogP contribution in [-0.4, -0.2) is 12.1 Å². The van der Waals surface area contributed by atoms with Crippen LogP contribution in [0.25, 0.3) is 0 Å². The van der Waals surface area contributed by atoms with Crippen molar-refractivity contribution in [3.05, 3.63) is 12.2 Å². The molecule has 3 aliphatic rings. The molecule has 2 heteroatoms. The minimum absolute atomic E-state index is 0.0636. The van der Waals surface area contributed by atoms with Crippen molar-refractivity contribution in [3.63, 3.8) is 0 Å². The van der Waals surface area contributed by atoms with E-state index in [1.165, 1.54) is 6.42 Å². The summed E-state index contributed by atoms with van der Waals surface area (Å²) < 4.78 is 5.38. The summed E-state index contributed by atoms with van der Waals surface area (Å²) in [6, 6.07) is 0. The van der Waals surface area contributed by atoms with Crippen LogP contribution in [0, 0.1) is 23.7 Å². The highest BCUT2D eigenvalue weighted by molar-refractivity contribution is 5.77. The minimum Gasteiger partial charge on any atom is -0.462 e. The zero-order chi connectivity index (χ0) is 9.00. The number of ether oxygens (including phenoxy) is 1. The van der Waals surface area contributed by atoms with Crippen LogP contribution in [0.3, 0.4) is 0 Å². The maximum absolute atomic E-state index is 11.6. The van der Waals surface area contributed by atoms with Crippen molar-refractivity contribution in [2.75, 3.05) is 0 Å².